The van der Waals surface area contributed by atoms with Crippen molar-refractivity contribution in [3.63, 3.8) is 0 Å². The lowest BCUT2D eigenvalue weighted by atomic mass is 10.2. The molecule has 2 atom stereocenters. The van der Waals surface area contributed by atoms with E-state index in [1.165, 1.54) is 5.56 Å². The molecule has 0 radical (unpaired) electrons. The number of epoxide rings is 1. The van der Waals surface area contributed by atoms with Gasteiger partial charge >= 0.3 is 0 Å². The van der Waals surface area contributed by atoms with E-state index in [0.29, 0.717) is 12.2 Å². The molecule has 0 unspecified atom stereocenters. The first-order valence-corrected chi connectivity index (χ1v) is 5.26. The molecule has 0 amide bonds. The van der Waals surface area contributed by atoms with Gasteiger partial charge in [0.2, 0.25) is 0 Å². The van der Waals surface area contributed by atoms with Gasteiger partial charge in [0, 0.05) is 6.54 Å². The van der Waals surface area contributed by atoms with Crippen LogP contribution >= 0.6 is 0 Å². The maximum atomic E-state index is 5.33. The highest BCUT2D eigenvalue weighted by Crippen LogP contribution is 2.23. The lowest BCUT2D eigenvalue weighted by Crippen LogP contribution is -2.16. The van der Waals surface area contributed by atoms with E-state index in [-0.39, 0.29) is 0 Å². The molecular formula is C12H17NO. The van der Waals surface area contributed by atoms with Crippen LogP contribution in [0.1, 0.15) is 18.9 Å². The first-order chi connectivity index (χ1) is 6.86. The molecule has 1 aliphatic rings. The SMILES string of the molecule is C[C@H]1O[C@@H]1CCNCc1ccccc1. The molecule has 1 fully saturated rings. The van der Waals surface area contributed by atoms with Gasteiger partial charge in [-0.1, -0.05) is 30.3 Å². The van der Waals surface area contributed by atoms with Gasteiger partial charge in [0.25, 0.3) is 0 Å². The van der Waals surface area contributed by atoms with Crippen LogP contribution in [0.25, 0.3) is 0 Å². The lowest BCUT2D eigenvalue weighted by Gasteiger charge is -2.02. The number of ether oxygens (including phenoxy) is 1. The second-order valence-corrected chi connectivity index (χ2v) is 3.83. The zero-order chi connectivity index (χ0) is 9.80. The highest BCUT2D eigenvalue weighted by Gasteiger charge is 2.32. The number of benzene rings is 1. The van der Waals surface area contributed by atoms with Gasteiger partial charge in [-0.15, -0.1) is 0 Å². The summed E-state index contributed by atoms with van der Waals surface area (Å²) in [5.74, 6) is 0. The van der Waals surface area contributed by atoms with Crippen molar-refractivity contribution in [3.8, 4) is 0 Å². The highest BCUT2D eigenvalue weighted by atomic mass is 16.6. The van der Waals surface area contributed by atoms with Crippen molar-refractivity contribution < 1.29 is 4.74 Å². The predicted octanol–water partition coefficient (Wildman–Crippen LogP) is 1.95. The Morgan fingerprint density at radius 1 is 1.29 bits per heavy atom. The zero-order valence-electron chi connectivity index (χ0n) is 8.57. The van der Waals surface area contributed by atoms with Gasteiger partial charge in [0.1, 0.15) is 0 Å². The van der Waals surface area contributed by atoms with Crippen LogP contribution in [0.3, 0.4) is 0 Å². The van der Waals surface area contributed by atoms with Crippen LogP contribution in [0.4, 0.5) is 0 Å². The van der Waals surface area contributed by atoms with E-state index < -0.39 is 0 Å². The van der Waals surface area contributed by atoms with Gasteiger partial charge < -0.3 is 10.1 Å². The summed E-state index contributed by atoms with van der Waals surface area (Å²) in [6, 6.07) is 10.5. The van der Waals surface area contributed by atoms with Gasteiger partial charge in [-0.25, -0.2) is 0 Å². The Bertz CT molecular complexity index is 273. The summed E-state index contributed by atoms with van der Waals surface area (Å²) in [6.07, 6.45) is 2.14. The van der Waals surface area contributed by atoms with E-state index in [9.17, 15) is 0 Å². The van der Waals surface area contributed by atoms with Gasteiger partial charge in [0.05, 0.1) is 12.2 Å². The van der Waals surface area contributed by atoms with Gasteiger partial charge in [0.15, 0.2) is 0 Å². The van der Waals surface area contributed by atoms with Crippen molar-refractivity contribution in [1.82, 2.24) is 5.32 Å². The van der Waals surface area contributed by atoms with Gasteiger partial charge in [-0.2, -0.15) is 0 Å². The molecule has 2 heteroatoms. The Labute approximate surface area is 85.3 Å². The Morgan fingerprint density at radius 2 is 2.00 bits per heavy atom. The van der Waals surface area contributed by atoms with E-state index in [0.717, 1.165) is 19.5 Å². The van der Waals surface area contributed by atoms with Crippen molar-refractivity contribution >= 4 is 0 Å². The number of rotatable bonds is 5. The van der Waals surface area contributed by atoms with Crippen molar-refractivity contribution in [1.29, 1.82) is 0 Å². The van der Waals surface area contributed by atoms with E-state index in [2.05, 4.69) is 36.5 Å². The summed E-state index contributed by atoms with van der Waals surface area (Å²) in [5.41, 5.74) is 1.34. The molecule has 0 saturated carbocycles. The lowest BCUT2D eigenvalue weighted by molar-refractivity contribution is 0.367. The largest absolute Gasteiger partial charge is 0.370 e. The molecule has 14 heavy (non-hydrogen) atoms. The van der Waals surface area contributed by atoms with E-state index >= 15 is 0 Å². The second kappa shape index (κ2) is 4.58. The molecular weight excluding hydrogens is 174 g/mol. The van der Waals surface area contributed by atoms with Crippen LogP contribution in [0, 0.1) is 0 Å². The molecule has 1 saturated heterocycles. The maximum absolute atomic E-state index is 5.33. The molecule has 0 spiro atoms. The molecule has 0 bridgehead atoms. The Hall–Kier alpha value is -0.860. The van der Waals surface area contributed by atoms with E-state index in [4.69, 9.17) is 4.74 Å². The van der Waals surface area contributed by atoms with Crippen LogP contribution in [0.5, 0.6) is 0 Å². The Kier molecular flexibility index (Phi) is 3.17. The summed E-state index contributed by atoms with van der Waals surface area (Å²) in [5, 5.41) is 3.41. The van der Waals surface area contributed by atoms with E-state index in [1.54, 1.807) is 0 Å². The van der Waals surface area contributed by atoms with Crippen LogP contribution < -0.4 is 5.32 Å². The molecule has 1 heterocycles. The van der Waals surface area contributed by atoms with Crippen molar-refractivity contribution in [2.45, 2.75) is 32.1 Å². The standard InChI is InChI=1S/C12H17NO/c1-10-12(14-10)7-8-13-9-11-5-3-2-4-6-11/h2-6,10,12-13H,7-9H2,1H3/t10-,12-/m1/s1. The summed E-state index contributed by atoms with van der Waals surface area (Å²) in [4.78, 5) is 0. The smallest absolute Gasteiger partial charge is 0.0851 e. The van der Waals surface area contributed by atoms with Crippen molar-refractivity contribution in [2.75, 3.05) is 6.54 Å². The average Bonchev–Trinajstić information content (AvgIpc) is 2.91. The molecule has 0 aliphatic carbocycles. The van der Waals surface area contributed by atoms with Gasteiger partial charge in [-0.05, 0) is 25.5 Å². The normalized spacial score (nSPS) is 24.9. The third kappa shape index (κ3) is 2.82. The minimum atomic E-state index is 0.494. The zero-order valence-corrected chi connectivity index (χ0v) is 8.57. The fourth-order valence-electron chi connectivity index (χ4n) is 1.61. The number of hydrogen-bond donors (Lipinski definition) is 1. The fourth-order valence-corrected chi connectivity index (χ4v) is 1.61. The fraction of sp³-hybridized carbons (Fsp3) is 0.500. The van der Waals surface area contributed by atoms with Crippen LogP contribution in [-0.4, -0.2) is 18.8 Å². The maximum Gasteiger partial charge on any atom is 0.0851 e. The molecule has 1 aromatic carbocycles. The number of nitrogens with one attached hydrogen (secondary N) is 1. The summed E-state index contributed by atoms with van der Waals surface area (Å²) in [6.45, 7) is 4.13. The van der Waals surface area contributed by atoms with Crippen LogP contribution in [0.15, 0.2) is 30.3 Å². The topological polar surface area (TPSA) is 24.6 Å². The quantitative estimate of drug-likeness (QED) is 0.568. The highest BCUT2D eigenvalue weighted by molar-refractivity contribution is 5.14. The van der Waals surface area contributed by atoms with Crippen LogP contribution in [0.2, 0.25) is 0 Å². The van der Waals surface area contributed by atoms with Crippen LogP contribution in [-0.2, 0) is 11.3 Å². The molecule has 1 aromatic rings. The second-order valence-electron chi connectivity index (χ2n) is 3.83. The van der Waals surface area contributed by atoms with Crippen molar-refractivity contribution in [2.24, 2.45) is 0 Å². The summed E-state index contributed by atoms with van der Waals surface area (Å²) >= 11 is 0. The third-order valence-corrected chi connectivity index (χ3v) is 2.61. The first kappa shape index (κ1) is 9.69. The third-order valence-electron chi connectivity index (χ3n) is 2.61. The van der Waals surface area contributed by atoms with E-state index in [1.807, 2.05) is 6.07 Å². The minimum absolute atomic E-state index is 0.494. The molecule has 1 aliphatic heterocycles. The van der Waals surface area contributed by atoms with Crippen molar-refractivity contribution in [3.05, 3.63) is 35.9 Å². The predicted molar refractivity (Wildman–Crippen MR) is 57.1 cm³/mol. The molecule has 0 aromatic heterocycles. The summed E-state index contributed by atoms with van der Waals surface area (Å²) in [7, 11) is 0. The molecule has 2 nitrogen and oxygen atoms in total. The molecule has 1 N–H and O–H groups in total. The Morgan fingerprint density at radius 3 is 2.64 bits per heavy atom. The average molecular weight is 191 g/mol. The molecule has 76 valence electrons. The minimum Gasteiger partial charge on any atom is -0.370 e. The first-order valence-electron chi connectivity index (χ1n) is 5.26. The van der Waals surface area contributed by atoms with Gasteiger partial charge in [-0.3, -0.25) is 0 Å². The number of hydrogen-bond acceptors (Lipinski definition) is 2. The Balaban J connectivity index is 1.59. The molecule has 2 rings (SSSR count). The monoisotopic (exact) mass is 191 g/mol. The summed E-state index contributed by atoms with van der Waals surface area (Å²) < 4.78 is 5.33.